The number of carbonyl (C=O) groups excluding carboxylic acids is 1. The first-order valence-electron chi connectivity index (χ1n) is 5.74. The van der Waals surface area contributed by atoms with Crippen molar-refractivity contribution < 1.29 is 4.79 Å². The van der Waals surface area contributed by atoms with Crippen molar-refractivity contribution in [2.24, 2.45) is 5.92 Å². The smallest absolute Gasteiger partial charge is 0.225 e. The maximum absolute atomic E-state index is 11.8. The van der Waals surface area contributed by atoms with Crippen LogP contribution in [-0.2, 0) is 4.79 Å². The minimum Gasteiger partial charge on any atom is -0.331 e. The van der Waals surface area contributed by atoms with E-state index in [1.54, 1.807) is 6.20 Å². The molecule has 0 spiro atoms. The molecule has 0 radical (unpaired) electrons. The molecule has 1 aromatic rings. The number of anilines is 1. The molecule has 2 N–H and O–H groups in total. The quantitative estimate of drug-likeness (QED) is 0.643. The van der Waals surface area contributed by atoms with Crippen molar-refractivity contribution in [3.63, 3.8) is 0 Å². The Hall–Kier alpha value is -1.29. The van der Waals surface area contributed by atoms with Crippen LogP contribution in [0.2, 0.25) is 0 Å². The second-order valence-corrected chi connectivity index (χ2v) is 5.05. The number of halogens is 1. The van der Waals surface area contributed by atoms with E-state index < -0.39 is 0 Å². The molecular formula is C12H16ClN3O. The van der Waals surface area contributed by atoms with Crippen LogP contribution < -0.4 is 5.32 Å². The van der Waals surface area contributed by atoms with Gasteiger partial charge in [-0.05, 0) is 25.2 Å². The number of hydrogen-bond donors (Lipinski definition) is 2. The highest BCUT2D eigenvalue weighted by atomic mass is 35.5. The van der Waals surface area contributed by atoms with Crippen LogP contribution in [0.15, 0.2) is 24.7 Å². The number of amides is 1. The van der Waals surface area contributed by atoms with Crippen molar-refractivity contribution in [1.29, 1.82) is 0 Å². The number of alkyl halides is 1. The van der Waals surface area contributed by atoms with Gasteiger partial charge in [0, 0.05) is 11.8 Å². The van der Waals surface area contributed by atoms with Gasteiger partial charge in [0.25, 0.3) is 0 Å². The number of carbonyl (C=O) groups is 1. The van der Waals surface area contributed by atoms with E-state index in [-0.39, 0.29) is 17.2 Å². The molecule has 1 aliphatic carbocycles. The molecule has 2 unspecified atom stereocenters. The van der Waals surface area contributed by atoms with Gasteiger partial charge in [0.1, 0.15) is 5.82 Å². The largest absolute Gasteiger partial charge is 0.331 e. The highest BCUT2D eigenvalue weighted by molar-refractivity contribution is 6.21. The van der Waals surface area contributed by atoms with Gasteiger partial charge < -0.3 is 10.3 Å². The fourth-order valence-corrected chi connectivity index (χ4v) is 2.54. The molecule has 17 heavy (non-hydrogen) atoms. The summed E-state index contributed by atoms with van der Waals surface area (Å²) in [7, 11) is 0. The van der Waals surface area contributed by atoms with Crippen LogP contribution in [0, 0.1) is 5.92 Å². The zero-order chi connectivity index (χ0) is 12.3. The van der Waals surface area contributed by atoms with Crippen molar-refractivity contribution in [3.05, 3.63) is 24.7 Å². The Bertz CT molecular complexity index is 402. The van der Waals surface area contributed by atoms with E-state index in [4.69, 9.17) is 11.6 Å². The van der Waals surface area contributed by atoms with Crippen LogP contribution >= 0.6 is 11.6 Å². The first-order valence-corrected chi connectivity index (χ1v) is 6.17. The second kappa shape index (κ2) is 5.36. The third-order valence-corrected chi connectivity index (χ3v) is 3.59. The molecule has 1 fully saturated rings. The summed E-state index contributed by atoms with van der Waals surface area (Å²) in [5.74, 6) is 0.851. The van der Waals surface area contributed by atoms with E-state index in [1.165, 1.54) is 11.9 Å². The summed E-state index contributed by atoms with van der Waals surface area (Å²) in [5, 5.41) is 2.79. The van der Waals surface area contributed by atoms with Gasteiger partial charge in [-0.1, -0.05) is 12.2 Å². The van der Waals surface area contributed by atoms with Crippen LogP contribution in [0.25, 0.3) is 0 Å². The summed E-state index contributed by atoms with van der Waals surface area (Å²) < 4.78 is 0. The van der Waals surface area contributed by atoms with Gasteiger partial charge in [-0.15, -0.1) is 11.6 Å². The van der Waals surface area contributed by atoms with Crippen LogP contribution in [0.5, 0.6) is 0 Å². The predicted molar refractivity (Wildman–Crippen MR) is 68.0 cm³/mol. The normalized spacial score (nSPS) is 24.6. The molecule has 0 aliphatic heterocycles. The molecule has 2 atom stereocenters. The minimum atomic E-state index is -0.0163. The van der Waals surface area contributed by atoms with Crippen LogP contribution in [-0.4, -0.2) is 21.3 Å². The third kappa shape index (κ3) is 3.33. The molecule has 1 aromatic heterocycles. The molecule has 0 aromatic carbocycles. The van der Waals surface area contributed by atoms with E-state index in [0.717, 1.165) is 19.3 Å². The lowest BCUT2D eigenvalue weighted by molar-refractivity contribution is -0.117. The summed E-state index contributed by atoms with van der Waals surface area (Å²) in [5.41, 5.74) is 1.19. The molecule has 1 aliphatic rings. The number of nitrogens with one attached hydrogen (secondary N) is 2. The molecule has 1 amide bonds. The van der Waals surface area contributed by atoms with Gasteiger partial charge in [-0.2, -0.15) is 0 Å². The van der Waals surface area contributed by atoms with Crippen LogP contribution in [0.1, 0.15) is 25.7 Å². The summed E-state index contributed by atoms with van der Waals surface area (Å²) in [6, 6.07) is 0. The standard InChI is InChI=1S/C12H16ClN3O/c1-8-2-3-9(10(13)4-8)5-12(17)16-11-6-14-7-15-11/h6-7,9-10H,1-5H2,(H,14,15)(H,16,17). The molecular weight excluding hydrogens is 238 g/mol. The average molecular weight is 254 g/mol. The molecule has 5 heteroatoms. The Kier molecular flexibility index (Phi) is 3.84. The Morgan fingerprint density at radius 1 is 1.71 bits per heavy atom. The number of imidazole rings is 1. The maximum atomic E-state index is 11.8. The monoisotopic (exact) mass is 253 g/mol. The lowest BCUT2D eigenvalue weighted by Gasteiger charge is -2.27. The summed E-state index contributed by atoms with van der Waals surface area (Å²) in [6.07, 6.45) is 6.32. The van der Waals surface area contributed by atoms with Gasteiger partial charge in [0.2, 0.25) is 5.91 Å². The zero-order valence-electron chi connectivity index (χ0n) is 9.58. The number of rotatable bonds is 3. The van der Waals surface area contributed by atoms with E-state index in [0.29, 0.717) is 12.2 Å². The number of allylic oxidation sites excluding steroid dienone is 1. The van der Waals surface area contributed by atoms with E-state index in [1.807, 2.05) is 0 Å². The highest BCUT2D eigenvalue weighted by Crippen LogP contribution is 2.33. The Morgan fingerprint density at radius 3 is 3.18 bits per heavy atom. The maximum Gasteiger partial charge on any atom is 0.225 e. The zero-order valence-corrected chi connectivity index (χ0v) is 10.3. The fourth-order valence-electron chi connectivity index (χ4n) is 2.11. The molecule has 1 heterocycles. The van der Waals surface area contributed by atoms with Crippen LogP contribution in [0.3, 0.4) is 0 Å². The van der Waals surface area contributed by atoms with E-state index >= 15 is 0 Å². The van der Waals surface area contributed by atoms with Gasteiger partial charge in [-0.25, -0.2) is 4.98 Å². The molecule has 0 bridgehead atoms. The van der Waals surface area contributed by atoms with Crippen LogP contribution in [0.4, 0.5) is 5.82 Å². The molecule has 0 saturated heterocycles. The van der Waals surface area contributed by atoms with Crippen molar-refractivity contribution in [2.45, 2.75) is 31.1 Å². The van der Waals surface area contributed by atoms with Gasteiger partial charge in [0.15, 0.2) is 0 Å². The van der Waals surface area contributed by atoms with Crippen molar-refractivity contribution in [3.8, 4) is 0 Å². The first kappa shape index (κ1) is 12.2. The first-order chi connectivity index (χ1) is 8.15. The Morgan fingerprint density at radius 2 is 2.53 bits per heavy atom. The molecule has 2 rings (SSSR count). The van der Waals surface area contributed by atoms with Crippen molar-refractivity contribution >= 4 is 23.3 Å². The van der Waals surface area contributed by atoms with Crippen molar-refractivity contribution in [2.75, 3.05) is 5.32 Å². The molecule has 1 saturated carbocycles. The SMILES string of the molecule is C=C1CCC(CC(=O)Nc2cnc[nH]2)C(Cl)C1. The van der Waals surface area contributed by atoms with Gasteiger partial charge >= 0.3 is 0 Å². The second-order valence-electron chi connectivity index (χ2n) is 4.49. The number of aromatic nitrogens is 2. The minimum absolute atomic E-state index is 0.0163. The lowest BCUT2D eigenvalue weighted by atomic mass is 9.84. The fraction of sp³-hybridized carbons (Fsp3) is 0.500. The summed E-state index contributed by atoms with van der Waals surface area (Å²) in [4.78, 5) is 18.4. The molecule has 92 valence electrons. The summed E-state index contributed by atoms with van der Waals surface area (Å²) >= 11 is 6.24. The topological polar surface area (TPSA) is 57.8 Å². The Labute approximate surface area is 105 Å². The summed E-state index contributed by atoms with van der Waals surface area (Å²) in [6.45, 7) is 3.94. The number of H-pyrrole nitrogens is 1. The van der Waals surface area contributed by atoms with Gasteiger partial charge in [-0.3, -0.25) is 4.79 Å². The van der Waals surface area contributed by atoms with Gasteiger partial charge in [0.05, 0.1) is 12.5 Å². The number of aromatic amines is 1. The predicted octanol–water partition coefficient (Wildman–Crippen LogP) is 2.70. The Balaban J connectivity index is 1.84. The average Bonchev–Trinajstić information content (AvgIpc) is 2.75. The lowest BCUT2D eigenvalue weighted by Crippen LogP contribution is -2.26. The van der Waals surface area contributed by atoms with Crippen molar-refractivity contribution in [1.82, 2.24) is 9.97 Å². The third-order valence-electron chi connectivity index (χ3n) is 3.08. The number of nitrogens with zero attached hydrogens (tertiary/aromatic N) is 1. The van der Waals surface area contributed by atoms with E-state index in [2.05, 4.69) is 21.9 Å². The highest BCUT2D eigenvalue weighted by Gasteiger charge is 2.26. The number of hydrogen-bond acceptors (Lipinski definition) is 2. The molecule has 4 nitrogen and oxygen atoms in total. The van der Waals surface area contributed by atoms with E-state index in [9.17, 15) is 4.79 Å².